The molecule has 1 atom stereocenters. The van der Waals surface area contributed by atoms with Crippen LogP contribution in [-0.4, -0.2) is 59.5 Å². The van der Waals surface area contributed by atoms with Crippen LogP contribution in [0.4, 0.5) is 0 Å². The summed E-state index contributed by atoms with van der Waals surface area (Å²) in [6.07, 6.45) is 10.7. The SMILES string of the molecule is CN1CCC(COCc2ccccn2)CC12CN(C(=O)C1=CCCCC1)C2. The van der Waals surface area contributed by atoms with Gasteiger partial charge in [-0.2, -0.15) is 0 Å². The van der Waals surface area contributed by atoms with Crippen LogP contribution in [0.1, 0.15) is 44.2 Å². The Balaban J connectivity index is 1.28. The van der Waals surface area contributed by atoms with E-state index in [1.807, 2.05) is 24.4 Å². The first-order chi connectivity index (χ1) is 13.2. The Morgan fingerprint density at radius 2 is 2.22 bits per heavy atom. The molecule has 2 saturated heterocycles. The molecule has 1 aromatic heterocycles. The fourth-order valence-electron chi connectivity index (χ4n) is 4.78. The minimum atomic E-state index is 0.155. The van der Waals surface area contributed by atoms with Gasteiger partial charge < -0.3 is 9.64 Å². The number of allylic oxidation sites excluding steroid dienone is 1. The number of carbonyl (C=O) groups is 1. The molecule has 4 rings (SSSR count). The largest absolute Gasteiger partial charge is 0.375 e. The van der Waals surface area contributed by atoms with E-state index in [1.165, 1.54) is 12.8 Å². The van der Waals surface area contributed by atoms with Gasteiger partial charge in [0.1, 0.15) is 0 Å². The molecule has 2 aliphatic heterocycles. The lowest BCUT2D eigenvalue weighted by Crippen LogP contribution is -2.72. The van der Waals surface area contributed by atoms with Crippen LogP contribution >= 0.6 is 0 Å². The smallest absolute Gasteiger partial charge is 0.249 e. The number of ether oxygens (including phenoxy) is 1. The van der Waals surface area contributed by atoms with Gasteiger partial charge in [0.25, 0.3) is 0 Å². The minimum Gasteiger partial charge on any atom is -0.375 e. The molecule has 3 aliphatic rings. The Hall–Kier alpha value is -1.72. The van der Waals surface area contributed by atoms with Crippen molar-refractivity contribution >= 4 is 5.91 Å². The second-order valence-corrected chi connectivity index (χ2v) is 8.48. The first-order valence-corrected chi connectivity index (χ1v) is 10.3. The van der Waals surface area contributed by atoms with Crippen LogP contribution in [0.3, 0.4) is 0 Å². The maximum atomic E-state index is 12.7. The summed E-state index contributed by atoms with van der Waals surface area (Å²) >= 11 is 0. The second kappa shape index (κ2) is 8.11. The van der Waals surface area contributed by atoms with Crippen molar-refractivity contribution in [3.05, 3.63) is 41.7 Å². The zero-order chi connectivity index (χ0) is 18.7. The number of hydrogen-bond acceptors (Lipinski definition) is 4. The summed E-state index contributed by atoms with van der Waals surface area (Å²) in [5.41, 5.74) is 2.19. The normalized spacial score (nSPS) is 25.1. The summed E-state index contributed by atoms with van der Waals surface area (Å²) < 4.78 is 5.96. The third-order valence-corrected chi connectivity index (χ3v) is 6.50. The van der Waals surface area contributed by atoms with E-state index in [1.54, 1.807) is 0 Å². The van der Waals surface area contributed by atoms with Crippen molar-refractivity contribution in [2.75, 3.05) is 33.3 Å². The maximum Gasteiger partial charge on any atom is 0.249 e. The second-order valence-electron chi connectivity index (χ2n) is 8.48. The van der Waals surface area contributed by atoms with E-state index in [4.69, 9.17) is 4.74 Å². The first kappa shape index (κ1) is 18.6. The maximum absolute atomic E-state index is 12.7. The molecule has 1 amide bonds. The Morgan fingerprint density at radius 3 is 2.96 bits per heavy atom. The molecule has 2 fully saturated rings. The van der Waals surface area contributed by atoms with Crippen LogP contribution in [-0.2, 0) is 16.1 Å². The Bertz CT molecular complexity index is 682. The molecule has 0 saturated carbocycles. The molecule has 0 aromatic carbocycles. The summed E-state index contributed by atoms with van der Waals surface area (Å²) in [5, 5.41) is 0. The number of likely N-dealkylation sites (tertiary alicyclic amines) is 2. The van der Waals surface area contributed by atoms with Crippen LogP contribution in [0.15, 0.2) is 36.0 Å². The highest BCUT2D eigenvalue weighted by atomic mass is 16.5. The van der Waals surface area contributed by atoms with Gasteiger partial charge in [0, 0.05) is 24.9 Å². The number of pyridine rings is 1. The summed E-state index contributed by atoms with van der Waals surface area (Å²) in [7, 11) is 2.21. The first-order valence-electron chi connectivity index (χ1n) is 10.3. The van der Waals surface area contributed by atoms with E-state index >= 15 is 0 Å². The van der Waals surface area contributed by atoms with E-state index in [0.29, 0.717) is 12.5 Å². The minimum absolute atomic E-state index is 0.155. The lowest BCUT2D eigenvalue weighted by atomic mass is 9.75. The predicted molar refractivity (Wildman–Crippen MR) is 105 cm³/mol. The topological polar surface area (TPSA) is 45.7 Å². The molecule has 0 N–H and O–H groups in total. The Labute approximate surface area is 162 Å². The van der Waals surface area contributed by atoms with Gasteiger partial charge in [-0.05, 0) is 70.2 Å². The van der Waals surface area contributed by atoms with Crippen molar-refractivity contribution in [1.29, 1.82) is 0 Å². The molecule has 3 heterocycles. The Kier molecular flexibility index (Phi) is 5.60. The lowest BCUT2D eigenvalue weighted by Gasteiger charge is -2.58. The van der Waals surface area contributed by atoms with Crippen molar-refractivity contribution in [1.82, 2.24) is 14.8 Å². The number of aromatic nitrogens is 1. The van der Waals surface area contributed by atoms with Gasteiger partial charge in [0.15, 0.2) is 0 Å². The van der Waals surface area contributed by atoms with Crippen LogP contribution in [0.2, 0.25) is 0 Å². The third kappa shape index (κ3) is 4.09. The molecule has 1 aromatic rings. The van der Waals surface area contributed by atoms with Crippen LogP contribution in [0.5, 0.6) is 0 Å². The van der Waals surface area contributed by atoms with E-state index in [-0.39, 0.29) is 11.4 Å². The van der Waals surface area contributed by atoms with Gasteiger partial charge in [-0.25, -0.2) is 0 Å². The van der Waals surface area contributed by atoms with Crippen molar-refractivity contribution in [3.63, 3.8) is 0 Å². The highest BCUT2D eigenvalue weighted by Gasteiger charge is 2.51. The monoisotopic (exact) mass is 369 g/mol. The van der Waals surface area contributed by atoms with Gasteiger partial charge in [-0.15, -0.1) is 0 Å². The fourth-order valence-corrected chi connectivity index (χ4v) is 4.78. The van der Waals surface area contributed by atoms with Gasteiger partial charge in [-0.3, -0.25) is 14.7 Å². The third-order valence-electron chi connectivity index (χ3n) is 6.50. The summed E-state index contributed by atoms with van der Waals surface area (Å²) in [6.45, 7) is 4.19. The molecule has 146 valence electrons. The zero-order valence-electron chi connectivity index (χ0n) is 16.4. The lowest BCUT2D eigenvalue weighted by molar-refractivity contribution is -0.147. The number of carbonyl (C=O) groups excluding carboxylic acids is 1. The standard InChI is InChI=1S/C22H31N3O2/c1-24-12-10-18(14-27-15-20-9-5-6-11-23-20)13-22(24)16-25(17-22)21(26)19-7-3-2-4-8-19/h5-7,9,11,18H,2-4,8,10,12-17H2,1H3. The van der Waals surface area contributed by atoms with Crippen LogP contribution < -0.4 is 0 Å². The summed E-state index contributed by atoms with van der Waals surface area (Å²) in [6, 6.07) is 5.93. The molecule has 0 bridgehead atoms. The van der Waals surface area contributed by atoms with E-state index in [9.17, 15) is 4.79 Å². The highest BCUT2D eigenvalue weighted by Crippen LogP contribution is 2.39. The highest BCUT2D eigenvalue weighted by molar-refractivity contribution is 5.94. The Morgan fingerprint density at radius 1 is 1.33 bits per heavy atom. The average molecular weight is 370 g/mol. The van der Waals surface area contributed by atoms with Crippen LogP contribution in [0.25, 0.3) is 0 Å². The number of rotatable bonds is 5. The number of hydrogen-bond donors (Lipinski definition) is 0. The van der Waals surface area contributed by atoms with Crippen LogP contribution in [0, 0.1) is 5.92 Å². The molecule has 1 unspecified atom stereocenters. The quantitative estimate of drug-likeness (QED) is 0.800. The summed E-state index contributed by atoms with van der Waals surface area (Å²) in [4.78, 5) is 21.6. The van der Waals surface area contributed by atoms with Crippen molar-refractivity contribution in [2.45, 2.75) is 50.7 Å². The molecular formula is C22H31N3O2. The van der Waals surface area contributed by atoms with E-state index in [0.717, 1.165) is 63.2 Å². The number of likely N-dealkylation sites (N-methyl/N-ethyl adjacent to an activating group) is 1. The van der Waals surface area contributed by atoms with Crippen molar-refractivity contribution < 1.29 is 9.53 Å². The van der Waals surface area contributed by atoms with E-state index < -0.39 is 0 Å². The van der Waals surface area contributed by atoms with Gasteiger partial charge >= 0.3 is 0 Å². The molecule has 5 nitrogen and oxygen atoms in total. The van der Waals surface area contributed by atoms with Gasteiger partial charge in [-0.1, -0.05) is 12.1 Å². The molecular weight excluding hydrogens is 338 g/mol. The zero-order valence-corrected chi connectivity index (χ0v) is 16.4. The molecule has 27 heavy (non-hydrogen) atoms. The fraction of sp³-hybridized carbons (Fsp3) is 0.636. The molecule has 5 heteroatoms. The molecule has 1 spiro atoms. The van der Waals surface area contributed by atoms with Crippen molar-refractivity contribution in [3.8, 4) is 0 Å². The van der Waals surface area contributed by atoms with Gasteiger partial charge in [0.05, 0.1) is 24.4 Å². The predicted octanol–water partition coefficient (Wildman–Crippen LogP) is 3.02. The number of piperidine rings is 1. The number of nitrogens with zero attached hydrogens (tertiary/aromatic N) is 3. The molecule has 1 aliphatic carbocycles. The van der Waals surface area contributed by atoms with E-state index in [2.05, 4.69) is 27.9 Å². The average Bonchev–Trinajstić information content (AvgIpc) is 2.68. The van der Waals surface area contributed by atoms with Gasteiger partial charge in [0.2, 0.25) is 5.91 Å². The van der Waals surface area contributed by atoms with Crippen molar-refractivity contribution in [2.24, 2.45) is 5.92 Å². The number of amides is 1. The summed E-state index contributed by atoms with van der Waals surface area (Å²) in [5.74, 6) is 0.846. The molecule has 0 radical (unpaired) electrons.